The molecule has 0 unspecified atom stereocenters. The van der Waals surface area contributed by atoms with Gasteiger partial charge in [0, 0.05) is 31.4 Å². The number of carbonyl (C=O) groups is 3. The summed E-state index contributed by atoms with van der Waals surface area (Å²) in [6.07, 6.45) is 3.34. The van der Waals surface area contributed by atoms with Gasteiger partial charge in [0.1, 0.15) is 5.60 Å². The monoisotopic (exact) mass is 345 g/mol. The van der Waals surface area contributed by atoms with E-state index in [0.29, 0.717) is 37.2 Å². The molecular formula is C18H23N3O4. The molecule has 3 aliphatic rings. The Kier molecular flexibility index (Phi) is 3.63. The number of rotatable bonds is 1. The van der Waals surface area contributed by atoms with Crippen molar-refractivity contribution in [3.05, 3.63) is 22.5 Å². The lowest BCUT2D eigenvalue weighted by atomic mass is 9.90. The number of carbonyl (C=O) groups excluding carboxylic acids is 3. The van der Waals surface area contributed by atoms with Crippen LogP contribution in [0.25, 0.3) is 0 Å². The van der Waals surface area contributed by atoms with Crippen LogP contribution in [-0.2, 0) is 11.2 Å². The molecule has 2 saturated heterocycles. The number of piperidine rings is 1. The summed E-state index contributed by atoms with van der Waals surface area (Å²) in [5.41, 5.74) is 2.11. The summed E-state index contributed by atoms with van der Waals surface area (Å²) in [6, 6.07) is 0. The summed E-state index contributed by atoms with van der Waals surface area (Å²) < 4.78 is 5.58. The number of aryl methyl sites for hydroxylation is 2. The lowest BCUT2D eigenvalue weighted by Crippen LogP contribution is -2.52. The number of amides is 2. The first-order chi connectivity index (χ1) is 11.9. The van der Waals surface area contributed by atoms with Crippen molar-refractivity contribution in [2.75, 3.05) is 26.7 Å². The molecule has 2 aliphatic heterocycles. The summed E-state index contributed by atoms with van der Waals surface area (Å²) in [5.74, 6) is -0.0809. The van der Waals surface area contributed by atoms with Gasteiger partial charge in [-0.15, -0.1) is 0 Å². The third-order valence-corrected chi connectivity index (χ3v) is 5.56. The van der Waals surface area contributed by atoms with E-state index >= 15 is 0 Å². The first kappa shape index (κ1) is 16.2. The molecule has 0 radical (unpaired) electrons. The average molecular weight is 345 g/mol. The molecule has 0 bridgehead atoms. The van der Waals surface area contributed by atoms with Crippen LogP contribution in [0.2, 0.25) is 0 Å². The van der Waals surface area contributed by atoms with Gasteiger partial charge in [-0.05, 0) is 32.6 Å². The van der Waals surface area contributed by atoms with Crippen molar-refractivity contribution in [1.82, 2.24) is 14.8 Å². The molecule has 1 atom stereocenters. The van der Waals surface area contributed by atoms with Crippen molar-refractivity contribution in [2.24, 2.45) is 0 Å². The van der Waals surface area contributed by atoms with E-state index in [2.05, 4.69) is 4.98 Å². The number of hydrogen-bond acceptors (Lipinski definition) is 4. The van der Waals surface area contributed by atoms with E-state index in [1.807, 2.05) is 6.92 Å². The Morgan fingerprint density at radius 1 is 1.20 bits per heavy atom. The normalized spacial score (nSPS) is 26.2. The van der Waals surface area contributed by atoms with Gasteiger partial charge in [-0.25, -0.2) is 4.79 Å². The van der Waals surface area contributed by atoms with Crippen LogP contribution in [0.1, 0.15) is 57.8 Å². The maximum Gasteiger partial charge on any atom is 0.410 e. The zero-order chi connectivity index (χ0) is 17.8. The number of fused-ring (bicyclic) bond motifs is 1. The van der Waals surface area contributed by atoms with E-state index in [9.17, 15) is 14.4 Å². The van der Waals surface area contributed by atoms with Gasteiger partial charge in [0.2, 0.25) is 0 Å². The van der Waals surface area contributed by atoms with Crippen LogP contribution in [0.3, 0.4) is 0 Å². The fourth-order valence-electron chi connectivity index (χ4n) is 4.44. The Labute approximate surface area is 146 Å². The Balaban J connectivity index is 1.63. The fraction of sp³-hybridized carbons (Fsp3) is 0.611. The molecule has 0 saturated carbocycles. The van der Waals surface area contributed by atoms with Crippen molar-refractivity contribution in [3.63, 3.8) is 0 Å². The molecule has 7 heteroatoms. The molecule has 4 rings (SSSR count). The number of Topliss-reactive ketones (excluding diaryl/α,β-unsaturated/α-hetero) is 1. The number of aromatic amines is 1. The summed E-state index contributed by atoms with van der Waals surface area (Å²) in [6.45, 7) is 3.35. The second-order valence-electron chi connectivity index (χ2n) is 7.49. The molecule has 1 aliphatic carbocycles. The van der Waals surface area contributed by atoms with Crippen LogP contribution >= 0.6 is 0 Å². The van der Waals surface area contributed by atoms with Crippen LogP contribution < -0.4 is 0 Å². The minimum absolute atomic E-state index is 0.0488. The predicted molar refractivity (Wildman–Crippen MR) is 89.8 cm³/mol. The molecule has 1 spiro atoms. The number of ether oxygens (including phenoxy) is 1. The summed E-state index contributed by atoms with van der Waals surface area (Å²) in [5, 5.41) is 0. The average Bonchev–Trinajstić information content (AvgIpc) is 3.04. The van der Waals surface area contributed by atoms with Crippen molar-refractivity contribution < 1.29 is 19.1 Å². The molecule has 2 fully saturated rings. The second kappa shape index (κ2) is 5.61. The molecule has 1 N–H and O–H groups in total. The quantitative estimate of drug-likeness (QED) is 0.843. The van der Waals surface area contributed by atoms with Gasteiger partial charge in [0.15, 0.2) is 5.78 Å². The van der Waals surface area contributed by atoms with Gasteiger partial charge in [-0.2, -0.15) is 0 Å². The number of ketones is 1. The molecule has 1 aromatic rings. The largest absolute Gasteiger partial charge is 0.439 e. The maximum atomic E-state index is 13.2. The molecule has 134 valence electrons. The minimum atomic E-state index is -0.617. The molecular weight excluding hydrogens is 322 g/mol. The van der Waals surface area contributed by atoms with Crippen LogP contribution in [0, 0.1) is 6.92 Å². The number of likely N-dealkylation sites (tertiary alicyclic amines) is 1. The van der Waals surface area contributed by atoms with Gasteiger partial charge in [-0.1, -0.05) is 0 Å². The first-order valence-electron chi connectivity index (χ1n) is 8.88. The Morgan fingerprint density at radius 2 is 2.00 bits per heavy atom. The highest BCUT2D eigenvalue weighted by atomic mass is 16.6. The Morgan fingerprint density at radius 3 is 2.72 bits per heavy atom. The van der Waals surface area contributed by atoms with E-state index in [0.717, 1.165) is 37.1 Å². The zero-order valence-corrected chi connectivity index (χ0v) is 14.7. The first-order valence-corrected chi connectivity index (χ1v) is 8.88. The molecule has 7 nitrogen and oxygen atoms in total. The van der Waals surface area contributed by atoms with E-state index < -0.39 is 5.60 Å². The third kappa shape index (κ3) is 2.53. The number of H-pyrrole nitrogens is 1. The number of aromatic nitrogens is 1. The van der Waals surface area contributed by atoms with Gasteiger partial charge < -0.3 is 19.5 Å². The molecule has 1 aromatic heterocycles. The van der Waals surface area contributed by atoms with E-state index in [1.165, 1.54) is 0 Å². The van der Waals surface area contributed by atoms with E-state index in [-0.39, 0.29) is 17.8 Å². The SMILES string of the molecule is Cc1[nH]c2c(c1C(=O)N1CCC[C@@]3(CN(C)C(=O)O3)C1)C(=O)CCC2. The fourth-order valence-corrected chi connectivity index (χ4v) is 4.44. The highest BCUT2D eigenvalue weighted by molar-refractivity contribution is 6.10. The number of likely N-dealkylation sites (N-methyl/N-ethyl adjacent to an activating group) is 1. The van der Waals surface area contributed by atoms with Crippen LogP contribution in [0.15, 0.2) is 0 Å². The lowest BCUT2D eigenvalue weighted by molar-refractivity contribution is -0.00526. The van der Waals surface area contributed by atoms with Gasteiger partial charge in [0.05, 0.1) is 24.2 Å². The molecule has 3 heterocycles. The maximum absolute atomic E-state index is 13.2. The Bertz CT molecular complexity index is 769. The number of nitrogens with zero attached hydrogens (tertiary/aromatic N) is 2. The highest BCUT2D eigenvalue weighted by Gasteiger charge is 2.48. The highest BCUT2D eigenvalue weighted by Crippen LogP contribution is 2.34. The lowest BCUT2D eigenvalue weighted by Gasteiger charge is -2.38. The van der Waals surface area contributed by atoms with Gasteiger partial charge in [0.25, 0.3) is 5.91 Å². The predicted octanol–water partition coefficient (Wildman–Crippen LogP) is 1.90. The Hall–Kier alpha value is -2.31. The standard InChI is InChI=1S/C18H23N3O4/c1-11-14(15-12(19-11)5-3-6-13(15)22)16(23)21-8-4-7-18(10-21)9-20(2)17(24)25-18/h19H,3-10H2,1-2H3/t18-/m1/s1. The van der Waals surface area contributed by atoms with Gasteiger partial charge >= 0.3 is 6.09 Å². The summed E-state index contributed by atoms with van der Waals surface area (Å²) >= 11 is 0. The second-order valence-corrected chi connectivity index (χ2v) is 7.49. The number of hydrogen-bond donors (Lipinski definition) is 1. The van der Waals surface area contributed by atoms with Crippen molar-refractivity contribution in [3.8, 4) is 0 Å². The van der Waals surface area contributed by atoms with Crippen molar-refractivity contribution >= 4 is 17.8 Å². The molecule has 0 aromatic carbocycles. The minimum Gasteiger partial charge on any atom is -0.439 e. The number of nitrogens with one attached hydrogen (secondary N) is 1. The van der Waals surface area contributed by atoms with Crippen molar-refractivity contribution in [1.29, 1.82) is 0 Å². The van der Waals surface area contributed by atoms with Gasteiger partial charge in [-0.3, -0.25) is 9.59 Å². The molecule has 2 amide bonds. The van der Waals surface area contributed by atoms with Crippen LogP contribution in [0.4, 0.5) is 4.79 Å². The smallest absolute Gasteiger partial charge is 0.410 e. The topological polar surface area (TPSA) is 82.7 Å². The van der Waals surface area contributed by atoms with E-state index in [4.69, 9.17) is 4.74 Å². The van der Waals surface area contributed by atoms with Crippen LogP contribution in [-0.4, -0.2) is 64.9 Å². The van der Waals surface area contributed by atoms with Crippen molar-refractivity contribution in [2.45, 2.75) is 44.6 Å². The van der Waals surface area contributed by atoms with Crippen LogP contribution in [0.5, 0.6) is 0 Å². The summed E-state index contributed by atoms with van der Waals surface area (Å²) in [4.78, 5) is 43.9. The molecule has 25 heavy (non-hydrogen) atoms. The zero-order valence-electron chi connectivity index (χ0n) is 14.7. The van der Waals surface area contributed by atoms with E-state index in [1.54, 1.807) is 16.8 Å². The third-order valence-electron chi connectivity index (χ3n) is 5.56. The summed E-state index contributed by atoms with van der Waals surface area (Å²) in [7, 11) is 1.71.